The highest BCUT2D eigenvalue weighted by molar-refractivity contribution is 5.92. The number of benzene rings is 1. The number of aliphatic hydroxyl groups is 1. The molecule has 7 nitrogen and oxygen atoms in total. The molecule has 146 valence electrons. The smallest absolute Gasteiger partial charge is 0.484 e. The van der Waals surface area contributed by atoms with E-state index in [0.717, 1.165) is 23.3 Å². The molecule has 2 heterocycles. The van der Waals surface area contributed by atoms with Crippen LogP contribution in [0.25, 0.3) is 0 Å². The van der Waals surface area contributed by atoms with Crippen LogP contribution in [0.15, 0.2) is 34.9 Å². The maximum absolute atomic E-state index is 13.3. The Labute approximate surface area is 150 Å². The van der Waals surface area contributed by atoms with E-state index in [1.54, 1.807) is 0 Å². The zero-order chi connectivity index (χ0) is 19.6. The van der Waals surface area contributed by atoms with Crippen LogP contribution in [0.4, 0.5) is 17.6 Å². The van der Waals surface area contributed by atoms with E-state index in [1.807, 2.05) is 0 Å². The molecule has 1 N–H and O–H groups in total. The molecular formula is C16H14F4N2O5. The summed E-state index contributed by atoms with van der Waals surface area (Å²) in [5.41, 5.74) is -0.0659. The molecule has 2 atom stereocenters. The van der Waals surface area contributed by atoms with Crippen LogP contribution in [0, 0.1) is 0 Å². The first-order valence-corrected chi connectivity index (χ1v) is 7.76. The Morgan fingerprint density at radius 3 is 2.52 bits per heavy atom. The molecule has 0 saturated carbocycles. The Hall–Kier alpha value is -2.82. The van der Waals surface area contributed by atoms with Crippen molar-refractivity contribution in [1.29, 1.82) is 0 Å². The largest absolute Gasteiger partial charge is 0.573 e. The summed E-state index contributed by atoms with van der Waals surface area (Å²) in [6.45, 7) is -0.544. The van der Waals surface area contributed by atoms with Crippen molar-refractivity contribution in [2.24, 2.45) is 0 Å². The average molecular weight is 390 g/mol. The number of nitrogens with zero attached hydrogens (tertiary/aromatic N) is 2. The normalized spacial score (nSPS) is 20.0. The van der Waals surface area contributed by atoms with E-state index < -0.39 is 30.3 Å². The molecule has 27 heavy (non-hydrogen) atoms. The predicted molar refractivity (Wildman–Crippen MR) is 80.8 cm³/mol. The van der Waals surface area contributed by atoms with Crippen molar-refractivity contribution in [3.63, 3.8) is 0 Å². The van der Waals surface area contributed by atoms with Crippen LogP contribution in [0.1, 0.15) is 16.4 Å². The van der Waals surface area contributed by atoms with Gasteiger partial charge in [0.15, 0.2) is 12.3 Å². The highest BCUT2D eigenvalue weighted by Crippen LogP contribution is 2.25. The third kappa shape index (κ3) is 4.88. The van der Waals surface area contributed by atoms with Gasteiger partial charge >= 0.3 is 6.36 Å². The van der Waals surface area contributed by atoms with E-state index >= 15 is 0 Å². The average Bonchev–Trinajstić information content (AvgIpc) is 3.19. The molecule has 0 spiro atoms. The Morgan fingerprint density at radius 2 is 1.93 bits per heavy atom. The lowest BCUT2D eigenvalue weighted by Crippen LogP contribution is -2.29. The molecule has 3 rings (SSSR count). The van der Waals surface area contributed by atoms with E-state index in [-0.39, 0.29) is 37.0 Å². The number of aliphatic hydroxyl groups excluding tert-OH is 1. The number of hydrogen-bond acceptors (Lipinski definition) is 6. The maximum Gasteiger partial charge on any atom is 0.573 e. The number of oxazole rings is 1. The lowest BCUT2D eigenvalue weighted by atomic mass is 10.3. The van der Waals surface area contributed by atoms with Crippen LogP contribution >= 0.6 is 0 Å². The topological polar surface area (TPSA) is 85.0 Å². The van der Waals surface area contributed by atoms with Gasteiger partial charge in [-0.05, 0) is 24.3 Å². The van der Waals surface area contributed by atoms with Crippen LogP contribution in [0.2, 0.25) is 0 Å². The minimum absolute atomic E-state index is 0.0468. The summed E-state index contributed by atoms with van der Waals surface area (Å²) >= 11 is 0. The summed E-state index contributed by atoms with van der Waals surface area (Å²) in [4.78, 5) is 17.2. The predicted octanol–water partition coefficient (Wildman–Crippen LogP) is 2.31. The molecule has 1 aliphatic rings. The van der Waals surface area contributed by atoms with Gasteiger partial charge in [0, 0.05) is 0 Å². The first-order chi connectivity index (χ1) is 12.7. The summed E-state index contributed by atoms with van der Waals surface area (Å²) in [6, 6.07) is 4.70. The number of carbonyl (C=O) groups excluding carboxylic acids is 1. The van der Waals surface area contributed by atoms with Gasteiger partial charge in [0.1, 0.15) is 30.0 Å². The van der Waals surface area contributed by atoms with Crippen LogP contribution in [-0.2, 0) is 6.61 Å². The molecule has 2 aromatic rings. The van der Waals surface area contributed by atoms with E-state index in [4.69, 9.17) is 9.15 Å². The van der Waals surface area contributed by atoms with Crippen LogP contribution in [0.3, 0.4) is 0 Å². The molecule has 1 aromatic heterocycles. The number of hydrogen-bond donors (Lipinski definition) is 1. The highest BCUT2D eigenvalue weighted by atomic mass is 19.4. The van der Waals surface area contributed by atoms with Crippen molar-refractivity contribution < 1.29 is 41.4 Å². The molecular weight excluding hydrogens is 376 g/mol. The second kappa shape index (κ2) is 7.43. The molecule has 1 fully saturated rings. The summed E-state index contributed by atoms with van der Waals surface area (Å²) in [6.07, 6.45) is -6.43. The number of ether oxygens (including phenoxy) is 2. The van der Waals surface area contributed by atoms with E-state index in [2.05, 4.69) is 9.72 Å². The van der Waals surface area contributed by atoms with Crippen molar-refractivity contribution in [1.82, 2.24) is 9.88 Å². The zero-order valence-electron chi connectivity index (χ0n) is 13.6. The minimum Gasteiger partial charge on any atom is -0.484 e. The van der Waals surface area contributed by atoms with E-state index in [9.17, 15) is 27.5 Å². The molecule has 11 heteroatoms. The summed E-state index contributed by atoms with van der Waals surface area (Å²) in [5.74, 6) is -0.695. The zero-order valence-corrected chi connectivity index (χ0v) is 13.6. The van der Waals surface area contributed by atoms with Gasteiger partial charge in [0.2, 0.25) is 5.89 Å². The molecule has 1 saturated heterocycles. The number of alkyl halides is 4. The van der Waals surface area contributed by atoms with Gasteiger partial charge in [0.05, 0.1) is 13.1 Å². The molecule has 0 bridgehead atoms. The van der Waals surface area contributed by atoms with Crippen molar-refractivity contribution in [3.05, 3.63) is 42.1 Å². The standard InChI is InChI=1S/C16H14F4N2O5/c17-11-5-22(6-13(11)23)15(24)12-7-26-14(21-12)8-25-9-1-3-10(4-2-9)27-16(18,19)20/h1-4,7,11,13,23H,5-6,8H2/t11-,13-/m1/s1. The van der Waals surface area contributed by atoms with Gasteiger partial charge < -0.3 is 23.9 Å². The van der Waals surface area contributed by atoms with Crippen molar-refractivity contribution >= 4 is 5.91 Å². The Kier molecular flexibility index (Phi) is 5.22. The first kappa shape index (κ1) is 19.0. The Morgan fingerprint density at radius 1 is 1.26 bits per heavy atom. The number of halogens is 4. The fourth-order valence-corrected chi connectivity index (χ4v) is 2.43. The third-order valence-corrected chi connectivity index (χ3v) is 3.70. The molecule has 0 unspecified atom stereocenters. The number of aromatic nitrogens is 1. The van der Waals surface area contributed by atoms with Crippen molar-refractivity contribution in [2.45, 2.75) is 25.2 Å². The fraction of sp³-hybridized carbons (Fsp3) is 0.375. The fourth-order valence-electron chi connectivity index (χ4n) is 2.43. The second-order valence-electron chi connectivity index (χ2n) is 5.73. The number of carbonyl (C=O) groups is 1. The van der Waals surface area contributed by atoms with Gasteiger partial charge in [-0.1, -0.05) is 0 Å². The van der Waals surface area contributed by atoms with Crippen LogP contribution < -0.4 is 9.47 Å². The van der Waals surface area contributed by atoms with E-state index in [0.29, 0.717) is 0 Å². The van der Waals surface area contributed by atoms with Gasteiger partial charge in [-0.3, -0.25) is 4.79 Å². The molecule has 1 aromatic carbocycles. The van der Waals surface area contributed by atoms with Crippen molar-refractivity contribution in [3.8, 4) is 11.5 Å². The van der Waals surface area contributed by atoms with Gasteiger partial charge in [-0.2, -0.15) is 0 Å². The molecule has 0 aliphatic carbocycles. The Bertz CT molecular complexity index is 783. The molecule has 1 aliphatic heterocycles. The molecule has 0 radical (unpaired) electrons. The van der Waals surface area contributed by atoms with Crippen LogP contribution in [0.5, 0.6) is 11.5 Å². The van der Waals surface area contributed by atoms with Gasteiger partial charge in [-0.25, -0.2) is 9.37 Å². The quantitative estimate of drug-likeness (QED) is 0.789. The Balaban J connectivity index is 1.54. The first-order valence-electron chi connectivity index (χ1n) is 7.76. The summed E-state index contributed by atoms with van der Waals surface area (Å²) in [7, 11) is 0. The molecule has 1 amide bonds. The minimum atomic E-state index is -4.78. The van der Waals surface area contributed by atoms with Gasteiger partial charge in [0.25, 0.3) is 5.91 Å². The SMILES string of the molecule is O=C(c1coc(COc2ccc(OC(F)(F)F)cc2)n1)N1C[C@@H](O)[C@H](F)C1. The van der Waals surface area contributed by atoms with E-state index in [1.165, 1.54) is 12.1 Å². The van der Waals surface area contributed by atoms with Crippen molar-refractivity contribution in [2.75, 3.05) is 13.1 Å². The summed E-state index contributed by atoms with van der Waals surface area (Å²) in [5, 5.41) is 9.36. The number of amides is 1. The monoisotopic (exact) mass is 390 g/mol. The number of β-amino-alcohol motifs (C(OH)–C–C–N with tert-alkyl or cyclic N) is 1. The lowest BCUT2D eigenvalue weighted by molar-refractivity contribution is -0.274. The lowest BCUT2D eigenvalue weighted by Gasteiger charge is -2.12. The highest BCUT2D eigenvalue weighted by Gasteiger charge is 2.35. The second-order valence-corrected chi connectivity index (χ2v) is 5.73. The number of rotatable bonds is 5. The van der Waals surface area contributed by atoms with Crippen LogP contribution in [-0.4, -0.2) is 52.6 Å². The third-order valence-electron chi connectivity index (χ3n) is 3.70. The maximum atomic E-state index is 13.3. The van der Waals surface area contributed by atoms with Gasteiger partial charge in [-0.15, -0.1) is 13.2 Å². The number of likely N-dealkylation sites (tertiary alicyclic amines) is 1. The summed E-state index contributed by atoms with van der Waals surface area (Å²) < 4.78 is 63.7.